The SMILES string of the molecule is Cc1nc(S[C@H](C)C(=O)N2CCCC2)c2c3c(sc2n1)CCC3. The first-order valence-electron chi connectivity index (χ1n) is 8.38. The molecule has 1 atom stereocenters. The molecule has 0 N–H and O–H groups in total. The van der Waals surface area contributed by atoms with Crippen LogP contribution in [0.4, 0.5) is 0 Å². The highest BCUT2D eigenvalue weighted by molar-refractivity contribution is 8.00. The molecular formula is C17H21N3OS2. The van der Waals surface area contributed by atoms with Crippen LogP contribution in [0.1, 0.15) is 42.5 Å². The molecule has 0 unspecified atom stereocenters. The molecule has 0 aromatic carbocycles. The lowest BCUT2D eigenvalue weighted by atomic mass is 10.2. The average molecular weight is 348 g/mol. The number of hydrogen-bond acceptors (Lipinski definition) is 5. The zero-order chi connectivity index (χ0) is 16.0. The van der Waals surface area contributed by atoms with Crippen LogP contribution in [0, 0.1) is 6.92 Å². The molecule has 4 nitrogen and oxygen atoms in total. The molecule has 1 amide bonds. The van der Waals surface area contributed by atoms with E-state index in [1.165, 1.54) is 28.7 Å². The van der Waals surface area contributed by atoms with E-state index in [0.717, 1.165) is 48.0 Å². The van der Waals surface area contributed by atoms with Crippen molar-refractivity contribution in [3.63, 3.8) is 0 Å². The Morgan fingerprint density at radius 3 is 2.78 bits per heavy atom. The van der Waals surface area contributed by atoms with Gasteiger partial charge >= 0.3 is 0 Å². The Hall–Kier alpha value is -1.14. The molecule has 1 saturated heterocycles. The normalized spacial score (nSPS) is 18.6. The summed E-state index contributed by atoms with van der Waals surface area (Å²) in [5.74, 6) is 1.06. The van der Waals surface area contributed by atoms with Crippen LogP contribution in [-0.4, -0.2) is 39.1 Å². The smallest absolute Gasteiger partial charge is 0.235 e. The van der Waals surface area contributed by atoms with Gasteiger partial charge in [0.15, 0.2) is 0 Å². The molecule has 6 heteroatoms. The number of amides is 1. The molecule has 0 radical (unpaired) electrons. The molecule has 1 aliphatic heterocycles. The second kappa shape index (κ2) is 6.06. The minimum atomic E-state index is -0.0810. The van der Waals surface area contributed by atoms with E-state index in [9.17, 15) is 4.79 Å². The van der Waals surface area contributed by atoms with E-state index in [2.05, 4.69) is 9.97 Å². The zero-order valence-corrected chi connectivity index (χ0v) is 15.2. The molecule has 4 rings (SSSR count). The third-order valence-electron chi connectivity index (χ3n) is 4.70. The van der Waals surface area contributed by atoms with Gasteiger partial charge in [0.25, 0.3) is 0 Å². The topological polar surface area (TPSA) is 46.1 Å². The zero-order valence-electron chi connectivity index (χ0n) is 13.6. The molecule has 122 valence electrons. The second-order valence-corrected chi connectivity index (χ2v) is 8.82. The Bertz CT molecular complexity index is 765. The monoisotopic (exact) mass is 347 g/mol. The van der Waals surface area contributed by atoms with Gasteiger partial charge in [-0.1, -0.05) is 11.8 Å². The summed E-state index contributed by atoms with van der Waals surface area (Å²) in [6.07, 6.45) is 5.80. The first-order valence-corrected chi connectivity index (χ1v) is 10.1. The number of fused-ring (bicyclic) bond motifs is 3. The lowest BCUT2D eigenvalue weighted by molar-refractivity contribution is -0.129. The van der Waals surface area contributed by atoms with Crippen molar-refractivity contribution in [3.05, 3.63) is 16.3 Å². The Morgan fingerprint density at radius 1 is 1.22 bits per heavy atom. The molecule has 1 fully saturated rings. The Balaban J connectivity index is 1.66. The number of carbonyl (C=O) groups is 1. The largest absolute Gasteiger partial charge is 0.342 e. The molecule has 2 aromatic heterocycles. The number of aromatic nitrogens is 2. The second-order valence-electron chi connectivity index (χ2n) is 6.41. The van der Waals surface area contributed by atoms with Crippen LogP contribution in [0.5, 0.6) is 0 Å². The van der Waals surface area contributed by atoms with E-state index in [0.29, 0.717) is 0 Å². The molecule has 0 bridgehead atoms. The van der Waals surface area contributed by atoms with Gasteiger partial charge in [0.2, 0.25) is 5.91 Å². The van der Waals surface area contributed by atoms with Crippen molar-refractivity contribution in [3.8, 4) is 0 Å². The number of likely N-dealkylation sites (tertiary alicyclic amines) is 1. The minimum Gasteiger partial charge on any atom is -0.342 e. The summed E-state index contributed by atoms with van der Waals surface area (Å²) in [5.41, 5.74) is 1.44. The van der Waals surface area contributed by atoms with Gasteiger partial charge in [-0.15, -0.1) is 11.3 Å². The van der Waals surface area contributed by atoms with E-state index in [-0.39, 0.29) is 11.2 Å². The summed E-state index contributed by atoms with van der Waals surface area (Å²) in [6.45, 7) is 5.79. The highest BCUT2D eigenvalue weighted by Gasteiger charge is 2.27. The van der Waals surface area contributed by atoms with Crippen molar-refractivity contribution < 1.29 is 4.79 Å². The van der Waals surface area contributed by atoms with Gasteiger partial charge in [0.05, 0.1) is 5.25 Å². The van der Waals surface area contributed by atoms with Gasteiger partial charge < -0.3 is 4.90 Å². The van der Waals surface area contributed by atoms with Gasteiger partial charge in [-0.3, -0.25) is 4.79 Å². The number of aryl methyl sites for hydroxylation is 3. The predicted octanol–water partition coefficient (Wildman–Crippen LogP) is 3.59. The number of thiophene rings is 1. The Kier molecular flexibility index (Phi) is 4.05. The van der Waals surface area contributed by atoms with Crippen LogP contribution in [0.3, 0.4) is 0 Å². The quantitative estimate of drug-likeness (QED) is 0.629. The number of thioether (sulfide) groups is 1. The summed E-state index contributed by atoms with van der Waals surface area (Å²) in [5, 5.41) is 2.15. The summed E-state index contributed by atoms with van der Waals surface area (Å²) >= 11 is 3.43. The number of rotatable bonds is 3. The lowest BCUT2D eigenvalue weighted by Crippen LogP contribution is -2.34. The van der Waals surface area contributed by atoms with E-state index in [1.54, 1.807) is 11.8 Å². The Labute approximate surface area is 144 Å². The van der Waals surface area contributed by atoms with Crippen molar-refractivity contribution >= 4 is 39.2 Å². The van der Waals surface area contributed by atoms with Crippen molar-refractivity contribution in [2.75, 3.05) is 13.1 Å². The highest BCUT2D eigenvalue weighted by atomic mass is 32.2. The first-order chi connectivity index (χ1) is 11.1. The van der Waals surface area contributed by atoms with Crippen LogP contribution in [0.25, 0.3) is 10.2 Å². The molecule has 2 aliphatic rings. The third-order valence-corrected chi connectivity index (χ3v) is 6.96. The van der Waals surface area contributed by atoms with Crippen molar-refractivity contribution in [2.45, 2.75) is 56.2 Å². The summed E-state index contributed by atoms with van der Waals surface area (Å²) < 4.78 is 0. The van der Waals surface area contributed by atoms with Crippen LogP contribution in [0.2, 0.25) is 0 Å². The maximum absolute atomic E-state index is 12.6. The summed E-state index contributed by atoms with van der Waals surface area (Å²) in [6, 6.07) is 0. The maximum atomic E-state index is 12.6. The van der Waals surface area contributed by atoms with Crippen molar-refractivity contribution in [1.29, 1.82) is 0 Å². The van der Waals surface area contributed by atoms with Gasteiger partial charge in [-0.25, -0.2) is 9.97 Å². The number of nitrogens with zero attached hydrogens (tertiary/aromatic N) is 3. The highest BCUT2D eigenvalue weighted by Crippen LogP contribution is 2.41. The van der Waals surface area contributed by atoms with Crippen molar-refractivity contribution in [2.24, 2.45) is 0 Å². The third kappa shape index (κ3) is 2.76. The predicted molar refractivity (Wildman–Crippen MR) is 95.3 cm³/mol. The molecule has 1 aliphatic carbocycles. The fourth-order valence-corrected chi connectivity index (χ4v) is 6.04. The van der Waals surface area contributed by atoms with Crippen LogP contribution in [-0.2, 0) is 17.6 Å². The fourth-order valence-electron chi connectivity index (χ4n) is 3.56. The number of hydrogen-bond donors (Lipinski definition) is 0. The molecule has 23 heavy (non-hydrogen) atoms. The van der Waals surface area contributed by atoms with E-state index >= 15 is 0 Å². The van der Waals surface area contributed by atoms with Gasteiger partial charge in [0.1, 0.15) is 15.7 Å². The van der Waals surface area contributed by atoms with Crippen LogP contribution >= 0.6 is 23.1 Å². The van der Waals surface area contributed by atoms with Crippen LogP contribution in [0.15, 0.2) is 5.03 Å². The van der Waals surface area contributed by atoms with E-state index in [4.69, 9.17) is 0 Å². The van der Waals surface area contributed by atoms with E-state index < -0.39 is 0 Å². The first kappa shape index (κ1) is 15.4. The molecular weight excluding hydrogens is 326 g/mol. The van der Waals surface area contributed by atoms with Crippen molar-refractivity contribution in [1.82, 2.24) is 14.9 Å². The minimum absolute atomic E-state index is 0.0810. The molecule has 2 aromatic rings. The molecule has 0 spiro atoms. The average Bonchev–Trinajstić information content (AvgIpc) is 3.22. The van der Waals surface area contributed by atoms with Gasteiger partial charge in [-0.05, 0) is 51.5 Å². The fraction of sp³-hybridized carbons (Fsp3) is 0.588. The van der Waals surface area contributed by atoms with Gasteiger partial charge in [0, 0.05) is 23.4 Å². The Morgan fingerprint density at radius 2 is 2.00 bits per heavy atom. The van der Waals surface area contributed by atoms with Gasteiger partial charge in [-0.2, -0.15) is 0 Å². The van der Waals surface area contributed by atoms with E-state index in [1.807, 2.05) is 30.1 Å². The lowest BCUT2D eigenvalue weighted by Gasteiger charge is -2.20. The van der Waals surface area contributed by atoms with Crippen LogP contribution < -0.4 is 0 Å². The molecule has 0 saturated carbocycles. The standard InChI is InChI=1S/C17H21N3OS2/c1-10(17(21)20-8-3-4-9-20)22-15-14-12-6-5-7-13(12)23-16(14)19-11(2)18-15/h10H,3-9H2,1-2H3/t10-/m1/s1. The number of carbonyl (C=O) groups excluding carboxylic acids is 1. The summed E-state index contributed by atoms with van der Waals surface area (Å²) in [4.78, 5) is 26.5. The molecule has 3 heterocycles. The maximum Gasteiger partial charge on any atom is 0.235 e. The summed E-state index contributed by atoms with van der Waals surface area (Å²) in [7, 11) is 0.